The molecule has 2 heterocycles. The van der Waals surface area contributed by atoms with E-state index in [1.54, 1.807) is 6.07 Å². The van der Waals surface area contributed by atoms with Crippen LogP contribution in [0.25, 0.3) is 11.3 Å². The van der Waals surface area contributed by atoms with Gasteiger partial charge in [0.05, 0.1) is 24.7 Å². The van der Waals surface area contributed by atoms with Gasteiger partial charge in [0.15, 0.2) is 17.4 Å². The molecule has 0 fully saturated rings. The van der Waals surface area contributed by atoms with Gasteiger partial charge >= 0.3 is 0 Å². The number of fused-ring (bicyclic) bond motifs is 1. The number of anilines is 3. The summed E-state index contributed by atoms with van der Waals surface area (Å²) in [7, 11) is -3.48. The highest BCUT2D eigenvalue weighted by molar-refractivity contribution is 7.88. The van der Waals surface area contributed by atoms with Crippen LogP contribution < -0.4 is 19.7 Å². The summed E-state index contributed by atoms with van der Waals surface area (Å²) >= 11 is 0. The van der Waals surface area contributed by atoms with E-state index in [1.807, 2.05) is 18.7 Å². The monoisotopic (exact) mass is 521 g/mol. The van der Waals surface area contributed by atoms with E-state index in [0.717, 1.165) is 31.0 Å². The highest BCUT2D eigenvalue weighted by Crippen LogP contribution is 2.39. The minimum atomic E-state index is -3.48. The summed E-state index contributed by atoms with van der Waals surface area (Å²) in [4.78, 5) is 10.1. The predicted octanol–water partition coefficient (Wildman–Crippen LogP) is 4.35. The maximum Gasteiger partial charge on any atom is 0.227 e. The number of rotatable bonds is 8. The first-order valence-corrected chi connectivity index (χ1v) is 13.2. The van der Waals surface area contributed by atoms with Gasteiger partial charge in [-0.05, 0) is 37.6 Å². The second kappa shape index (κ2) is 10.3. The Kier molecular flexibility index (Phi) is 7.36. The molecule has 0 aliphatic carbocycles. The lowest BCUT2D eigenvalue weighted by Crippen LogP contribution is -2.39. The largest absolute Gasteiger partial charge is 0.486 e. The number of sulfonamides is 1. The second-order valence-corrected chi connectivity index (χ2v) is 10.4. The molecule has 0 amide bonds. The van der Waals surface area contributed by atoms with Crippen LogP contribution >= 0.6 is 0 Å². The van der Waals surface area contributed by atoms with E-state index in [0.29, 0.717) is 18.8 Å². The molecule has 1 atom stereocenters. The number of hydrogen-bond acceptors (Lipinski definition) is 7. The maximum absolute atomic E-state index is 14.9. The lowest BCUT2D eigenvalue weighted by Gasteiger charge is -2.36. The highest BCUT2D eigenvalue weighted by atomic mass is 32.2. The fourth-order valence-electron chi connectivity index (χ4n) is 3.85. The molecule has 4 rings (SSSR count). The highest BCUT2D eigenvalue weighted by Gasteiger charge is 2.26. The van der Waals surface area contributed by atoms with Gasteiger partial charge in [0, 0.05) is 29.4 Å². The normalized spacial score (nSPS) is 14.2. The number of hydrogen-bond donors (Lipinski definition) is 2. The fraction of sp³-hybridized carbons (Fsp3) is 0.333. The van der Waals surface area contributed by atoms with Crippen molar-refractivity contribution in [1.29, 1.82) is 0 Å². The molecule has 3 aromatic rings. The van der Waals surface area contributed by atoms with Crippen LogP contribution in [0.2, 0.25) is 0 Å². The Balaban J connectivity index is 1.63. The number of halogens is 3. The summed E-state index contributed by atoms with van der Waals surface area (Å²) < 4.78 is 74.4. The summed E-state index contributed by atoms with van der Waals surface area (Å²) in [6.45, 7) is 4.77. The number of ether oxygens (including phenoxy) is 1. The minimum absolute atomic E-state index is 0.0269. The van der Waals surface area contributed by atoms with Gasteiger partial charge in [-0.1, -0.05) is 13.0 Å². The standard InChI is InChI=1S/C24H26F3N5O3S/c1-4-14(2)32-7-8-35-23-19(26)9-16(10-21(23)32)22-20(27)13-28-24(31-22)30-17-6-5-15(18(25)11-17)12-29-36(3,33)34/h5-6,9-11,13-14,29H,4,7-8,12H2,1-3H3,(H,28,30,31). The third-order valence-corrected chi connectivity index (χ3v) is 6.56. The Morgan fingerprint density at radius 3 is 2.61 bits per heavy atom. The lowest BCUT2D eigenvalue weighted by molar-refractivity contribution is 0.285. The molecular weight excluding hydrogens is 495 g/mol. The van der Waals surface area contributed by atoms with Crippen molar-refractivity contribution in [1.82, 2.24) is 14.7 Å². The van der Waals surface area contributed by atoms with Gasteiger partial charge in [-0.15, -0.1) is 0 Å². The summed E-state index contributed by atoms with van der Waals surface area (Å²) in [6.07, 6.45) is 2.76. The van der Waals surface area contributed by atoms with E-state index in [2.05, 4.69) is 20.0 Å². The van der Waals surface area contributed by atoms with Crippen LogP contribution in [0, 0.1) is 17.5 Å². The molecule has 1 aliphatic heterocycles. The molecule has 1 aromatic heterocycles. The van der Waals surface area contributed by atoms with Crippen molar-refractivity contribution < 1.29 is 26.3 Å². The van der Waals surface area contributed by atoms with Gasteiger partial charge in [-0.2, -0.15) is 0 Å². The molecule has 0 saturated heterocycles. The van der Waals surface area contributed by atoms with Gasteiger partial charge in [0.25, 0.3) is 0 Å². The third-order valence-electron chi connectivity index (χ3n) is 5.89. The van der Waals surface area contributed by atoms with E-state index < -0.39 is 27.5 Å². The second-order valence-electron chi connectivity index (χ2n) is 8.52. The Bertz CT molecular complexity index is 1390. The summed E-state index contributed by atoms with van der Waals surface area (Å²) in [5.74, 6) is -1.93. The minimum Gasteiger partial charge on any atom is -0.486 e. The first-order chi connectivity index (χ1) is 17.1. The zero-order valence-electron chi connectivity index (χ0n) is 20.0. The van der Waals surface area contributed by atoms with E-state index in [4.69, 9.17) is 4.74 Å². The smallest absolute Gasteiger partial charge is 0.227 e. The molecule has 192 valence electrons. The Morgan fingerprint density at radius 2 is 1.92 bits per heavy atom. The molecule has 8 nitrogen and oxygen atoms in total. The van der Waals surface area contributed by atoms with Crippen LogP contribution in [-0.2, 0) is 16.6 Å². The lowest BCUT2D eigenvalue weighted by atomic mass is 10.1. The van der Waals surface area contributed by atoms with Crippen molar-refractivity contribution >= 4 is 27.3 Å². The van der Waals surface area contributed by atoms with Crippen LogP contribution in [0.5, 0.6) is 5.75 Å². The zero-order chi connectivity index (χ0) is 26.0. The predicted molar refractivity (Wildman–Crippen MR) is 131 cm³/mol. The quantitative estimate of drug-likeness (QED) is 0.455. The van der Waals surface area contributed by atoms with Crippen molar-refractivity contribution in [2.24, 2.45) is 0 Å². The van der Waals surface area contributed by atoms with Crippen molar-refractivity contribution in [3.8, 4) is 17.0 Å². The Labute approximate surface area is 207 Å². The zero-order valence-corrected chi connectivity index (χ0v) is 20.8. The van der Waals surface area contributed by atoms with Gasteiger partial charge in [0.2, 0.25) is 16.0 Å². The topological polar surface area (TPSA) is 96.5 Å². The molecule has 0 saturated carbocycles. The van der Waals surface area contributed by atoms with Crippen molar-refractivity contribution in [2.75, 3.05) is 29.6 Å². The van der Waals surface area contributed by atoms with E-state index in [1.165, 1.54) is 12.1 Å². The van der Waals surface area contributed by atoms with Crippen LogP contribution in [-0.4, -0.2) is 43.8 Å². The van der Waals surface area contributed by atoms with E-state index in [-0.39, 0.29) is 46.8 Å². The summed E-state index contributed by atoms with van der Waals surface area (Å²) in [5.41, 5.74) is 1.02. The summed E-state index contributed by atoms with van der Waals surface area (Å²) in [6, 6.07) is 6.99. The number of aromatic nitrogens is 2. The van der Waals surface area contributed by atoms with Crippen molar-refractivity contribution in [3.05, 3.63) is 59.5 Å². The SMILES string of the molecule is CCC(C)N1CCOc2c(F)cc(-c3nc(Nc4ccc(CNS(C)(=O)=O)c(F)c4)ncc3F)cc21. The van der Waals surface area contributed by atoms with Gasteiger partial charge in [0.1, 0.15) is 18.1 Å². The molecule has 0 bridgehead atoms. The Hall–Kier alpha value is -3.38. The van der Waals surface area contributed by atoms with Crippen LogP contribution in [0.1, 0.15) is 25.8 Å². The average molecular weight is 522 g/mol. The first kappa shape index (κ1) is 25.7. The Morgan fingerprint density at radius 1 is 1.14 bits per heavy atom. The van der Waals surface area contributed by atoms with Gasteiger partial charge in [-0.3, -0.25) is 0 Å². The van der Waals surface area contributed by atoms with Gasteiger partial charge < -0.3 is 15.0 Å². The van der Waals surface area contributed by atoms with E-state index in [9.17, 15) is 21.6 Å². The maximum atomic E-state index is 14.9. The summed E-state index contributed by atoms with van der Waals surface area (Å²) in [5, 5.41) is 2.80. The molecule has 1 unspecified atom stereocenters. The molecule has 0 radical (unpaired) electrons. The third kappa shape index (κ3) is 5.71. The number of nitrogens with one attached hydrogen (secondary N) is 2. The van der Waals surface area contributed by atoms with E-state index >= 15 is 0 Å². The van der Waals surface area contributed by atoms with Gasteiger partial charge in [-0.25, -0.2) is 36.3 Å². The molecule has 12 heteroatoms. The van der Waals surface area contributed by atoms with Crippen LogP contribution in [0.15, 0.2) is 36.5 Å². The average Bonchev–Trinajstić information content (AvgIpc) is 2.83. The molecule has 2 N–H and O–H groups in total. The number of benzene rings is 2. The number of nitrogens with zero attached hydrogens (tertiary/aromatic N) is 3. The first-order valence-electron chi connectivity index (χ1n) is 11.3. The molecule has 36 heavy (non-hydrogen) atoms. The van der Waals surface area contributed by atoms with Crippen molar-refractivity contribution in [2.45, 2.75) is 32.9 Å². The van der Waals surface area contributed by atoms with Crippen molar-refractivity contribution in [3.63, 3.8) is 0 Å². The molecular formula is C24H26F3N5O3S. The molecule has 1 aliphatic rings. The van der Waals surface area contributed by atoms with Crippen LogP contribution in [0.4, 0.5) is 30.5 Å². The fourth-order valence-corrected chi connectivity index (χ4v) is 4.27. The molecule has 0 spiro atoms. The van der Waals surface area contributed by atoms with Crippen LogP contribution in [0.3, 0.4) is 0 Å². The molecule has 2 aromatic carbocycles.